The molecular formula is C18H21ClN2O. The highest BCUT2D eigenvalue weighted by molar-refractivity contribution is 6.07. The van der Waals surface area contributed by atoms with Crippen LogP contribution in [-0.4, -0.2) is 19.0 Å². The number of carbonyl (C=O) groups is 1. The van der Waals surface area contributed by atoms with Crippen molar-refractivity contribution in [2.24, 2.45) is 0 Å². The molecule has 0 radical (unpaired) electrons. The van der Waals surface area contributed by atoms with E-state index in [0.29, 0.717) is 6.54 Å². The molecule has 0 spiro atoms. The van der Waals surface area contributed by atoms with E-state index in [1.54, 1.807) is 0 Å². The minimum Gasteiger partial charge on any atom is -0.311 e. The first-order valence-corrected chi connectivity index (χ1v) is 7.34. The van der Waals surface area contributed by atoms with Gasteiger partial charge in [0.25, 0.3) is 5.91 Å². The number of benzene rings is 2. The van der Waals surface area contributed by atoms with E-state index in [0.717, 1.165) is 29.9 Å². The smallest absolute Gasteiger partial charge is 0.258 e. The molecule has 1 amide bonds. The lowest BCUT2D eigenvalue weighted by atomic mass is 10.0. The Bertz CT molecular complexity index is 685. The number of amides is 1. The Morgan fingerprint density at radius 2 is 1.91 bits per heavy atom. The van der Waals surface area contributed by atoms with Gasteiger partial charge in [0.15, 0.2) is 0 Å². The van der Waals surface area contributed by atoms with Crippen LogP contribution in [0.3, 0.4) is 0 Å². The highest BCUT2D eigenvalue weighted by Crippen LogP contribution is 2.25. The van der Waals surface area contributed by atoms with Gasteiger partial charge in [-0.1, -0.05) is 35.9 Å². The van der Waals surface area contributed by atoms with Crippen LogP contribution in [0.15, 0.2) is 42.5 Å². The van der Waals surface area contributed by atoms with Gasteiger partial charge in [-0.2, -0.15) is 0 Å². The maximum Gasteiger partial charge on any atom is 0.258 e. The zero-order valence-corrected chi connectivity index (χ0v) is 13.7. The van der Waals surface area contributed by atoms with Gasteiger partial charge in [0.2, 0.25) is 0 Å². The number of carbonyl (C=O) groups excluding carboxylic acids is 1. The van der Waals surface area contributed by atoms with Crippen LogP contribution in [0.4, 0.5) is 5.69 Å². The van der Waals surface area contributed by atoms with Crippen LogP contribution in [0, 0.1) is 13.8 Å². The molecule has 0 aromatic heterocycles. The van der Waals surface area contributed by atoms with Gasteiger partial charge in [-0.25, -0.2) is 0 Å². The molecule has 2 aromatic rings. The first kappa shape index (κ1) is 16.5. The number of hydrogen-bond donors (Lipinski definition) is 1. The molecule has 0 atom stereocenters. The van der Waals surface area contributed by atoms with Crippen LogP contribution < -0.4 is 10.2 Å². The largest absolute Gasteiger partial charge is 0.311 e. The molecule has 0 bridgehead atoms. The van der Waals surface area contributed by atoms with Crippen LogP contribution in [0.1, 0.15) is 27.0 Å². The standard InChI is InChI=1S/C18H20N2O.ClH/c1-13-7-8-16(14(2)11-13)18(21)20-10-9-19-12-15-5-3-4-6-17(15)20;/h3-8,11,19H,9-10,12H2,1-2H3;1H. The summed E-state index contributed by atoms with van der Waals surface area (Å²) in [5.74, 6) is 0.0867. The predicted octanol–water partition coefficient (Wildman–Crippen LogP) is 3.48. The minimum atomic E-state index is 0. The van der Waals surface area contributed by atoms with E-state index in [2.05, 4.69) is 17.4 Å². The summed E-state index contributed by atoms with van der Waals surface area (Å²) in [6, 6.07) is 14.1. The molecule has 2 aromatic carbocycles. The number of aryl methyl sites for hydroxylation is 2. The fourth-order valence-electron chi connectivity index (χ4n) is 2.87. The number of nitrogens with zero attached hydrogens (tertiary/aromatic N) is 1. The zero-order chi connectivity index (χ0) is 14.8. The molecule has 3 nitrogen and oxygen atoms in total. The summed E-state index contributed by atoms with van der Waals surface area (Å²) < 4.78 is 0. The average molecular weight is 317 g/mol. The number of para-hydroxylation sites is 1. The molecule has 0 fully saturated rings. The highest BCUT2D eigenvalue weighted by Gasteiger charge is 2.22. The van der Waals surface area contributed by atoms with E-state index in [-0.39, 0.29) is 18.3 Å². The van der Waals surface area contributed by atoms with E-state index in [9.17, 15) is 4.79 Å². The predicted molar refractivity (Wildman–Crippen MR) is 93.0 cm³/mol. The van der Waals surface area contributed by atoms with Crippen molar-refractivity contribution in [3.63, 3.8) is 0 Å². The third-order valence-corrected chi connectivity index (χ3v) is 3.97. The number of rotatable bonds is 1. The summed E-state index contributed by atoms with van der Waals surface area (Å²) in [5.41, 5.74) is 5.20. The normalized spacial score (nSPS) is 13.8. The summed E-state index contributed by atoms with van der Waals surface area (Å²) in [7, 11) is 0. The van der Waals surface area contributed by atoms with Gasteiger partial charge in [0, 0.05) is 30.9 Å². The number of nitrogens with one attached hydrogen (secondary N) is 1. The van der Waals surface area contributed by atoms with Crippen LogP contribution >= 0.6 is 12.4 Å². The van der Waals surface area contributed by atoms with Crippen molar-refractivity contribution in [3.05, 3.63) is 64.7 Å². The fourth-order valence-corrected chi connectivity index (χ4v) is 2.87. The topological polar surface area (TPSA) is 32.3 Å². The van der Waals surface area contributed by atoms with Crippen LogP contribution in [0.5, 0.6) is 0 Å². The molecule has 3 rings (SSSR count). The quantitative estimate of drug-likeness (QED) is 0.873. The Hall–Kier alpha value is -1.84. The zero-order valence-electron chi connectivity index (χ0n) is 12.9. The Morgan fingerprint density at radius 1 is 1.14 bits per heavy atom. The third kappa shape index (κ3) is 3.16. The lowest BCUT2D eigenvalue weighted by Crippen LogP contribution is -2.35. The summed E-state index contributed by atoms with van der Waals surface area (Å²) in [4.78, 5) is 14.8. The van der Waals surface area contributed by atoms with Gasteiger partial charge >= 0.3 is 0 Å². The van der Waals surface area contributed by atoms with Crippen molar-refractivity contribution in [2.75, 3.05) is 18.0 Å². The van der Waals surface area contributed by atoms with E-state index >= 15 is 0 Å². The van der Waals surface area contributed by atoms with E-state index in [4.69, 9.17) is 0 Å². The second-order valence-corrected chi connectivity index (χ2v) is 5.58. The first-order chi connectivity index (χ1) is 10.2. The lowest BCUT2D eigenvalue weighted by molar-refractivity contribution is 0.0987. The molecule has 1 N–H and O–H groups in total. The van der Waals surface area contributed by atoms with Crippen LogP contribution in [0.25, 0.3) is 0 Å². The molecule has 1 aliphatic heterocycles. The van der Waals surface area contributed by atoms with Gasteiger partial charge in [0.05, 0.1) is 0 Å². The molecule has 1 aliphatic rings. The minimum absolute atomic E-state index is 0. The van der Waals surface area contributed by atoms with Crippen molar-refractivity contribution in [3.8, 4) is 0 Å². The SMILES string of the molecule is Cc1ccc(C(=O)N2CCNCc3ccccc32)c(C)c1.Cl. The van der Waals surface area contributed by atoms with Crippen molar-refractivity contribution < 1.29 is 4.79 Å². The molecule has 0 unspecified atom stereocenters. The Kier molecular flexibility index (Phi) is 5.22. The average Bonchev–Trinajstić information content (AvgIpc) is 2.69. The number of halogens is 1. The number of anilines is 1. The summed E-state index contributed by atoms with van der Waals surface area (Å²) in [6.07, 6.45) is 0. The van der Waals surface area contributed by atoms with Crippen molar-refractivity contribution in [1.82, 2.24) is 5.32 Å². The van der Waals surface area contributed by atoms with Crippen molar-refractivity contribution in [1.29, 1.82) is 0 Å². The van der Waals surface area contributed by atoms with Gasteiger partial charge in [-0.05, 0) is 37.1 Å². The summed E-state index contributed by atoms with van der Waals surface area (Å²) in [6.45, 7) is 6.37. The van der Waals surface area contributed by atoms with Gasteiger partial charge in [0.1, 0.15) is 0 Å². The molecular weight excluding hydrogens is 296 g/mol. The monoisotopic (exact) mass is 316 g/mol. The van der Waals surface area contributed by atoms with Gasteiger partial charge in [-0.15, -0.1) is 12.4 Å². The van der Waals surface area contributed by atoms with E-state index in [1.807, 2.05) is 49.1 Å². The van der Waals surface area contributed by atoms with Gasteiger partial charge in [-0.3, -0.25) is 4.79 Å². The van der Waals surface area contributed by atoms with Crippen molar-refractivity contribution in [2.45, 2.75) is 20.4 Å². The Morgan fingerprint density at radius 3 is 2.68 bits per heavy atom. The molecule has 22 heavy (non-hydrogen) atoms. The third-order valence-electron chi connectivity index (χ3n) is 3.97. The molecule has 0 saturated heterocycles. The maximum atomic E-state index is 12.9. The number of hydrogen-bond acceptors (Lipinski definition) is 2. The highest BCUT2D eigenvalue weighted by atomic mass is 35.5. The number of fused-ring (bicyclic) bond motifs is 1. The second kappa shape index (κ2) is 6.95. The summed E-state index contributed by atoms with van der Waals surface area (Å²) >= 11 is 0. The molecule has 0 saturated carbocycles. The van der Waals surface area contributed by atoms with Crippen LogP contribution in [0.2, 0.25) is 0 Å². The Balaban J connectivity index is 0.00000176. The van der Waals surface area contributed by atoms with Gasteiger partial charge < -0.3 is 10.2 Å². The fraction of sp³-hybridized carbons (Fsp3) is 0.278. The van der Waals surface area contributed by atoms with Crippen molar-refractivity contribution >= 4 is 24.0 Å². The second-order valence-electron chi connectivity index (χ2n) is 5.58. The molecule has 0 aliphatic carbocycles. The molecule has 4 heteroatoms. The van der Waals surface area contributed by atoms with Crippen LogP contribution in [-0.2, 0) is 6.54 Å². The summed E-state index contributed by atoms with van der Waals surface area (Å²) in [5, 5.41) is 3.37. The Labute approximate surface area is 137 Å². The van der Waals surface area contributed by atoms with E-state index in [1.165, 1.54) is 11.1 Å². The molecule has 116 valence electrons. The lowest BCUT2D eigenvalue weighted by Gasteiger charge is -2.23. The molecule has 1 heterocycles. The first-order valence-electron chi connectivity index (χ1n) is 7.34. The maximum absolute atomic E-state index is 12.9. The van der Waals surface area contributed by atoms with E-state index < -0.39 is 0 Å².